The quantitative estimate of drug-likeness (QED) is 0.498. The number of anilines is 1. The average Bonchev–Trinajstić information content (AvgIpc) is 3.46. The van der Waals surface area contributed by atoms with Gasteiger partial charge in [0.1, 0.15) is 5.69 Å². The van der Waals surface area contributed by atoms with Crippen LogP contribution >= 0.6 is 0 Å². The van der Waals surface area contributed by atoms with Crippen LogP contribution in [0.25, 0.3) is 22.4 Å². The number of nitrogens with zero attached hydrogens (tertiary/aromatic N) is 2. The normalized spacial score (nSPS) is 11.9. The lowest BCUT2D eigenvalue weighted by atomic mass is 9.96. The number of aromatic nitrogens is 2. The van der Waals surface area contributed by atoms with Crippen LogP contribution in [-0.2, 0) is 0 Å². The van der Waals surface area contributed by atoms with Crippen LogP contribution in [0.2, 0.25) is 0 Å². The van der Waals surface area contributed by atoms with Gasteiger partial charge in [-0.05, 0) is 36.4 Å². The highest BCUT2D eigenvalue weighted by Crippen LogP contribution is 2.40. The van der Waals surface area contributed by atoms with Gasteiger partial charge in [0, 0.05) is 34.6 Å². The Bertz CT molecular complexity index is 1330. The molecule has 0 spiro atoms. The van der Waals surface area contributed by atoms with Crippen molar-refractivity contribution in [3.8, 4) is 33.9 Å². The Morgan fingerprint density at radius 3 is 2.56 bits per heavy atom. The van der Waals surface area contributed by atoms with E-state index in [9.17, 15) is 9.59 Å². The van der Waals surface area contributed by atoms with E-state index in [0.29, 0.717) is 39.4 Å². The lowest BCUT2D eigenvalue weighted by Crippen LogP contribution is -2.14. The van der Waals surface area contributed by atoms with E-state index >= 15 is 0 Å². The second-order valence-corrected chi connectivity index (χ2v) is 6.90. The maximum Gasteiger partial charge on any atom is 0.258 e. The Labute approximate surface area is 181 Å². The van der Waals surface area contributed by atoms with Crippen LogP contribution in [0, 0.1) is 0 Å². The van der Waals surface area contributed by atoms with Gasteiger partial charge < -0.3 is 19.7 Å². The molecule has 9 heteroatoms. The van der Waals surface area contributed by atoms with Gasteiger partial charge in [-0.1, -0.05) is 23.4 Å². The van der Waals surface area contributed by atoms with E-state index in [1.807, 2.05) is 0 Å². The van der Waals surface area contributed by atoms with Crippen molar-refractivity contribution in [2.24, 2.45) is 5.73 Å². The van der Waals surface area contributed by atoms with E-state index in [0.717, 1.165) is 0 Å². The molecule has 1 aliphatic rings. The Kier molecular flexibility index (Phi) is 4.75. The van der Waals surface area contributed by atoms with Crippen molar-refractivity contribution >= 4 is 17.7 Å². The molecule has 0 unspecified atom stereocenters. The molecule has 9 nitrogen and oxygen atoms in total. The number of hydrogen-bond donors (Lipinski definition) is 2. The van der Waals surface area contributed by atoms with Crippen LogP contribution < -0.4 is 20.5 Å². The first-order chi connectivity index (χ1) is 15.6. The van der Waals surface area contributed by atoms with Crippen LogP contribution in [0.1, 0.15) is 20.7 Å². The minimum absolute atomic E-state index is 0.0770. The molecule has 4 aromatic rings. The van der Waals surface area contributed by atoms with Crippen LogP contribution in [0.15, 0.2) is 71.5 Å². The zero-order chi connectivity index (χ0) is 22.1. The Morgan fingerprint density at radius 1 is 0.969 bits per heavy atom. The third kappa shape index (κ3) is 3.41. The van der Waals surface area contributed by atoms with E-state index in [4.69, 9.17) is 19.7 Å². The molecule has 32 heavy (non-hydrogen) atoms. The van der Waals surface area contributed by atoms with Gasteiger partial charge in [0.2, 0.25) is 18.6 Å². The zero-order valence-electron chi connectivity index (χ0n) is 16.6. The standard InChI is InChI=1S/C23H16N4O5/c24-21(28)16-4-2-1-3-15(16)19-20(13-7-9-25-10-8-13)27-32-23(19)26-22(29)14-5-6-17-18(11-14)31-12-30-17/h1-11H,12H2,(H2,24,28)(H,26,29). The number of nitrogens with two attached hydrogens (primary N) is 1. The summed E-state index contributed by atoms with van der Waals surface area (Å²) < 4.78 is 16.1. The van der Waals surface area contributed by atoms with Crippen molar-refractivity contribution in [1.29, 1.82) is 0 Å². The Morgan fingerprint density at radius 2 is 1.75 bits per heavy atom. The molecular formula is C23H16N4O5. The predicted octanol–water partition coefficient (Wildman–Crippen LogP) is 3.48. The summed E-state index contributed by atoms with van der Waals surface area (Å²) >= 11 is 0. The molecule has 2 amide bonds. The van der Waals surface area contributed by atoms with Gasteiger partial charge in [0.05, 0.1) is 5.56 Å². The first kappa shape index (κ1) is 19.3. The smallest absolute Gasteiger partial charge is 0.258 e. The maximum atomic E-state index is 13.0. The molecule has 158 valence electrons. The van der Waals surface area contributed by atoms with Crippen LogP contribution in [0.3, 0.4) is 0 Å². The number of rotatable bonds is 5. The lowest BCUT2D eigenvalue weighted by Gasteiger charge is -2.10. The third-order valence-corrected chi connectivity index (χ3v) is 4.97. The molecule has 2 aromatic carbocycles. The number of hydrogen-bond acceptors (Lipinski definition) is 7. The number of amides is 2. The van der Waals surface area contributed by atoms with Gasteiger partial charge in [-0.3, -0.25) is 19.9 Å². The summed E-state index contributed by atoms with van der Waals surface area (Å²) in [5.74, 6) is 0.0616. The molecule has 0 radical (unpaired) electrons. The molecule has 2 aromatic heterocycles. The number of fused-ring (bicyclic) bond motifs is 1. The summed E-state index contributed by atoms with van der Waals surface area (Å²) in [7, 11) is 0. The number of benzene rings is 2. The fraction of sp³-hybridized carbons (Fsp3) is 0.0435. The molecule has 0 fully saturated rings. The van der Waals surface area contributed by atoms with E-state index in [2.05, 4.69) is 15.5 Å². The van der Waals surface area contributed by atoms with Crippen LogP contribution in [0.4, 0.5) is 5.88 Å². The topological polar surface area (TPSA) is 130 Å². The fourth-order valence-electron chi connectivity index (χ4n) is 3.46. The molecule has 1 aliphatic heterocycles. The van der Waals surface area contributed by atoms with Crippen LogP contribution in [-0.4, -0.2) is 28.7 Å². The SMILES string of the molecule is NC(=O)c1ccccc1-c1c(-c2ccncc2)noc1NC(=O)c1ccc2c(c1)OCO2. The number of pyridine rings is 1. The summed E-state index contributed by atoms with van der Waals surface area (Å²) in [4.78, 5) is 29.1. The number of carbonyl (C=O) groups is 2. The summed E-state index contributed by atoms with van der Waals surface area (Å²) in [5, 5.41) is 6.89. The van der Waals surface area contributed by atoms with Gasteiger partial charge >= 0.3 is 0 Å². The van der Waals surface area contributed by atoms with E-state index < -0.39 is 11.8 Å². The summed E-state index contributed by atoms with van der Waals surface area (Å²) in [6.45, 7) is 0.103. The molecule has 3 N–H and O–H groups in total. The Hall–Kier alpha value is -4.66. The van der Waals surface area contributed by atoms with Crippen LogP contribution in [0.5, 0.6) is 11.5 Å². The highest BCUT2D eigenvalue weighted by molar-refractivity contribution is 6.09. The number of ether oxygens (including phenoxy) is 2. The van der Waals surface area contributed by atoms with Crippen molar-refractivity contribution < 1.29 is 23.6 Å². The van der Waals surface area contributed by atoms with Gasteiger partial charge in [0.25, 0.3) is 5.91 Å². The number of primary amides is 1. The van der Waals surface area contributed by atoms with E-state index in [1.54, 1.807) is 67.0 Å². The first-order valence-electron chi connectivity index (χ1n) is 9.62. The molecular weight excluding hydrogens is 412 g/mol. The third-order valence-electron chi connectivity index (χ3n) is 4.97. The van der Waals surface area contributed by atoms with Gasteiger partial charge in [-0.15, -0.1) is 0 Å². The lowest BCUT2D eigenvalue weighted by molar-refractivity contribution is 0.0998. The molecule has 0 saturated heterocycles. The number of nitrogens with one attached hydrogen (secondary N) is 1. The van der Waals surface area contributed by atoms with Gasteiger partial charge in [0.15, 0.2) is 11.5 Å². The fourth-order valence-corrected chi connectivity index (χ4v) is 3.46. The first-order valence-corrected chi connectivity index (χ1v) is 9.62. The zero-order valence-corrected chi connectivity index (χ0v) is 16.6. The van der Waals surface area contributed by atoms with Gasteiger partial charge in [-0.2, -0.15) is 0 Å². The highest BCUT2D eigenvalue weighted by atomic mass is 16.7. The average molecular weight is 428 g/mol. The predicted molar refractivity (Wildman–Crippen MR) is 114 cm³/mol. The molecule has 3 heterocycles. The van der Waals surface area contributed by atoms with E-state index in [1.165, 1.54) is 0 Å². The second kappa shape index (κ2) is 7.88. The van der Waals surface area contributed by atoms with Crippen molar-refractivity contribution in [1.82, 2.24) is 10.1 Å². The summed E-state index contributed by atoms with van der Waals surface area (Å²) in [6.07, 6.45) is 3.22. The highest BCUT2D eigenvalue weighted by Gasteiger charge is 2.25. The summed E-state index contributed by atoms with van der Waals surface area (Å²) in [5.41, 5.74) is 8.24. The maximum absolute atomic E-state index is 13.0. The number of carbonyl (C=O) groups excluding carboxylic acids is 2. The van der Waals surface area contributed by atoms with Crippen molar-refractivity contribution in [3.05, 3.63) is 78.1 Å². The largest absolute Gasteiger partial charge is 0.454 e. The second-order valence-electron chi connectivity index (χ2n) is 6.90. The molecule has 0 bridgehead atoms. The Balaban J connectivity index is 1.60. The monoisotopic (exact) mass is 428 g/mol. The van der Waals surface area contributed by atoms with Gasteiger partial charge in [-0.25, -0.2) is 0 Å². The minimum atomic E-state index is -0.615. The van der Waals surface area contributed by atoms with Crippen molar-refractivity contribution in [2.45, 2.75) is 0 Å². The molecule has 5 rings (SSSR count). The molecule has 0 atom stereocenters. The molecule has 0 saturated carbocycles. The minimum Gasteiger partial charge on any atom is -0.454 e. The summed E-state index contributed by atoms with van der Waals surface area (Å²) in [6, 6.07) is 15.1. The van der Waals surface area contributed by atoms with Crippen molar-refractivity contribution in [2.75, 3.05) is 12.1 Å². The van der Waals surface area contributed by atoms with E-state index in [-0.39, 0.29) is 18.2 Å². The van der Waals surface area contributed by atoms with Crippen molar-refractivity contribution in [3.63, 3.8) is 0 Å². The molecule has 0 aliphatic carbocycles.